The van der Waals surface area contributed by atoms with Crippen LogP contribution in [-0.4, -0.2) is 49.7 Å². The molecule has 1 aliphatic rings. The van der Waals surface area contributed by atoms with Gasteiger partial charge in [-0.25, -0.2) is 9.78 Å². The maximum absolute atomic E-state index is 12.4. The number of hydrogen-bond acceptors (Lipinski definition) is 4. The van der Waals surface area contributed by atoms with Gasteiger partial charge >= 0.3 is 5.97 Å². The zero-order valence-electron chi connectivity index (χ0n) is 14.0. The quantitative estimate of drug-likeness (QED) is 0.869. The molecule has 0 bridgehead atoms. The number of piperidine rings is 1. The molecular weight excluding hydrogens is 320 g/mol. The van der Waals surface area contributed by atoms with Gasteiger partial charge in [0, 0.05) is 32.0 Å². The fraction of sp³-hybridized carbons (Fsp3) is 0.444. The third-order valence-corrected chi connectivity index (χ3v) is 4.65. The molecule has 1 amide bonds. The highest BCUT2D eigenvalue weighted by Crippen LogP contribution is 2.27. The van der Waals surface area contributed by atoms with E-state index >= 15 is 0 Å². The molecule has 1 aromatic heterocycles. The number of carbonyl (C=O) groups excluding carboxylic acids is 1. The molecule has 1 N–H and O–H groups in total. The highest BCUT2D eigenvalue weighted by Gasteiger charge is 2.24. The first-order valence-electron chi connectivity index (χ1n) is 8.57. The van der Waals surface area contributed by atoms with E-state index in [1.165, 1.54) is 6.33 Å². The van der Waals surface area contributed by atoms with E-state index in [0.29, 0.717) is 25.1 Å². The number of hydrogen-bond donors (Lipinski definition) is 1. The lowest BCUT2D eigenvalue weighted by Crippen LogP contribution is -2.39. The van der Waals surface area contributed by atoms with Crippen molar-refractivity contribution in [1.29, 1.82) is 0 Å². The second-order valence-corrected chi connectivity index (χ2v) is 6.37. The monoisotopic (exact) mass is 342 g/mol. The Balaban J connectivity index is 1.53. The molecule has 1 aliphatic heterocycles. The van der Waals surface area contributed by atoms with E-state index in [4.69, 9.17) is 5.11 Å². The molecule has 1 fully saturated rings. The number of nitrogens with zero attached hydrogens (tertiary/aromatic N) is 4. The molecule has 1 atom stereocenters. The molecule has 0 aliphatic carbocycles. The van der Waals surface area contributed by atoms with Gasteiger partial charge in [-0.2, -0.15) is 5.10 Å². The van der Waals surface area contributed by atoms with Crippen molar-refractivity contribution in [3.05, 3.63) is 48.0 Å². The second kappa shape index (κ2) is 7.92. The van der Waals surface area contributed by atoms with Crippen molar-refractivity contribution >= 4 is 11.9 Å². The lowest BCUT2D eigenvalue weighted by Gasteiger charge is -2.33. The van der Waals surface area contributed by atoms with Gasteiger partial charge in [0.2, 0.25) is 5.91 Å². The van der Waals surface area contributed by atoms with Gasteiger partial charge in [0.25, 0.3) is 0 Å². The Labute approximate surface area is 146 Å². The largest absolute Gasteiger partial charge is 0.478 e. The summed E-state index contributed by atoms with van der Waals surface area (Å²) in [5.74, 6) is -0.470. The number of amides is 1. The maximum Gasteiger partial charge on any atom is 0.335 e. The van der Waals surface area contributed by atoms with E-state index in [-0.39, 0.29) is 11.8 Å². The summed E-state index contributed by atoms with van der Waals surface area (Å²) >= 11 is 0. The molecule has 7 heteroatoms. The van der Waals surface area contributed by atoms with Crippen molar-refractivity contribution in [1.82, 2.24) is 19.7 Å². The van der Waals surface area contributed by atoms with Crippen molar-refractivity contribution < 1.29 is 14.7 Å². The van der Waals surface area contributed by atoms with Gasteiger partial charge in [-0.15, -0.1) is 0 Å². The highest BCUT2D eigenvalue weighted by atomic mass is 16.4. The highest BCUT2D eigenvalue weighted by molar-refractivity contribution is 5.87. The summed E-state index contributed by atoms with van der Waals surface area (Å²) in [5.41, 5.74) is 1.39. The molecule has 0 unspecified atom stereocenters. The SMILES string of the molecule is O=C(O)c1ccc([C@H]2CCCN(C(=O)CCCn3cncn3)C2)cc1. The molecule has 0 saturated carbocycles. The summed E-state index contributed by atoms with van der Waals surface area (Å²) in [6.07, 6.45) is 6.39. The van der Waals surface area contributed by atoms with Crippen LogP contribution in [-0.2, 0) is 11.3 Å². The van der Waals surface area contributed by atoms with E-state index in [9.17, 15) is 9.59 Å². The normalized spacial score (nSPS) is 17.4. The number of likely N-dealkylation sites (tertiary alicyclic amines) is 1. The van der Waals surface area contributed by atoms with Gasteiger partial charge in [-0.05, 0) is 37.0 Å². The Morgan fingerprint density at radius 3 is 2.72 bits per heavy atom. The Morgan fingerprint density at radius 2 is 2.04 bits per heavy atom. The van der Waals surface area contributed by atoms with Crippen molar-refractivity contribution in [2.75, 3.05) is 13.1 Å². The number of benzene rings is 1. The minimum absolute atomic E-state index is 0.173. The van der Waals surface area contributed by atoms with Crippen LogP contribution in [0, 0.1) is 0 Å². The number of aryl methyl sites for hydroxylation is 1. The number of rotatable bonds is 6. The topological polar surface area (TPSA) is 88.3 Å². The van der Waals surface area contributed by atoms with E-state index in [1.807, 2.05) is 17.0 Å². The maximum atomic E-state index is 12.4. The standard InChI is InChI=1S/C18H22N4O3/c23-17(4-2-10-22-13-19-12-20-22)21-9-1-3-16(11-21)14-5-7-15(8-6-14)18(24)25/h5-8,12-13,16H,1-4,9-11H2,(H,24,25)/t16-/m0/s1. The van der Waals surface area contributed by atoms with Gasteiger partial charge in [-0.1, -0.05) is 12.1 Å². The third-order valence-electron chi connectivity index (χ3n) is 4.65. The van der Waals surface area contributed by atoms with Gasteiger partial charge in [0.05, 0.1) is 5.56 Å². The molecular formula is C18H22N4O3. The van der Waals surface area contributed by atoms with Crippen molar-refractivity contribution in [2.24, 2.45) is 0 Å². The van der Waals surface area contributed by atoms with Gasteiger partial charge in [-0.3, -0.25) is 9.48 Å². The van der Waals surface area contributed by atoms with E-state index in [1.54, 1.807) is 23.1 Å². The van der Waals surface area contributed by atoms with Crippen LogP contribution in [0.15, 0.2) is 36.9 Å². The Morgan fingerprint density at radius 1 is 1.24 bits per heavy atom. The average molecular weight is 342 g/mol. The molecule has 7 nitrogen and oxygen atoms in total. The van der Waals surface area contributed by atoms with Crippen LogP contribution in [0.5, 0.6) is 0 Å². The first-order valence-corrected chi connectivity index (χ1v) is 8.57. The molecule has 2 heterocycles. The van der Waals surface area contributed by atoms with Crippen LogP contribution in [0.1, 0.15) is 47.5 Å². The molecule has 0 spiro atoms. The minimum Gasteiger partial charge on any atom is -0.478 e. The molecule has 25 heavy (non-hydrogen) atoms. The predicted molar refractivity (Wildman–Crippen MR) is 91.2 cm³/mol. The zero-order chi connectivity index (χ0) is 17.6. The third kappa shape index (κ3) is 4.43. The Bertz CT molecular complexity index is 712. The number of carbonyl (C=O) groups is 2. The summed E-state index contributed by atoms with van der Waals surface area (Å²) in [6, 6.07) is 7.01. The first-order chi connectivity index (χ1) is 12.1. The molecule has 1 aromatic carbocycles. The van der Waals surface area contributed by atoms with E-state index in [2.05, 4.69) is 10.1 Å². The average Bonchev–Trinajstić information content (AvgIpc) is 3.15. The van der Waals surface area contributed by atoms with Gasteiger partial charge in [0.15, 0.2) is 0 Å². The van der Waals surface area contributed by atoms with Gasteiger partial charge < -0.3 is 10.0 Å². The predicted octanol–water partition coefficient (Wildman–Crippen LogP) is 2.16. The Hall–Kier alpha value is -2.70. The van der Waals surface area contributed by atoms with Crippen LogP contribution in [0.3, 0.4) is 0 Å². The number of carboxylic acids is 1. The number of aromatic carboxylic acids is 1. The zero-order valence-corrected chi connectivity index (χ0v) is 14.0. The van der Waals surface area contributed by atoms with Crippen LogP contribution < -0.4 is 0 Å². The van der Waals surface area contributed by atoms with Crippen molar-refractivity contribution in [2.45, 2.75) is 38.1 Å². The van der Waals surface area contributed by atoms with Crippen molar-refractivity contribution in [3.63, 3.8) is 0 Å². The first kappa shape index (κ1) is 17.1. The van der Waals surface area contributed by atoms with Gasteiger partial charge in [0.1, 0.15) is 12.7 Å². The number of aromatic nitrogens is 3. The summed E-state index contributed by atoms with van der Waals surface area (Å²) in [7, 11) is 0. The fourth-order valence-electron chi connectivity index (χ4n) is 3.27. The molecule has 2 aromatic rings. The summed E-state index contributed by atoms with van der Waals surface area (Å²) in [5, 5.41) is 13.0. The lowest BCUT2D eigenvalue weighted by molar-refractivity contribution is -0.132. The summed E-state index contributed by atoms with van der Waals surface area (Å²) in [6.45, 7) is 2.19. The fourth-order valence-corrected chi connectivity index (χ4v) is 3.27. The van der Waals surface area contributed by atoms with E-state index in [0.717, 1.165) is 31.4 Å². The van der Waals surface area contributed by atoms with Crippen LogP contribution in [0.4, 0.5) is 0 Å². The minimum atomic E-state index is -0.917. The summed E-state index contributed by atoms with van der Waals surface area (Å²) < 4.78 is 1.73. The Kier molecular flexibility index (Phi) is 5.42. The molecule has 132 valence electrons. The summed E-state index contributed by atoms with van der Waals surface area (Å²) in [4.78, 5) is 29.2. The van der Waals surface area contributed by atoms with Crippen LogP contribution >= 0.6 is 0 Å². The van der Waals surface area contributed by atoms with Crippen LogP contribution in [0.25, 0.3) is 0 Å². The second-order valence-electron chi connectivity index (χ2n) is 6.37. The number of carboxylic acid groups (broad SMARTS) is 1. The lowest BCUT2D eigenvalue weighted by atomic mass is 9.90. The van der Waals surface area contributed by atoms with Crippen LogP contribution in [0.2, 0.25) is 0 Å². The van der Waals surface area contributed by atoms with E-state index < -0.39 is 5.97 Å². The smallest absolute Gasteiger partial charge is 0.335 e. The molecule has 1 saturated heterocycles. The van der Waals surface area contributed by atoms with Crippen molar-refractivity contribution in [3.8, 4) is 0 Å². The molecule has 3 rings (SSSR count). The molecule has 0 radical (unpaired) electrons.